The lowest BCUT2D eigenvalue weighted by Gasteiger charge is -2.30. The average molecular weight is 445 g/mol. The highest BCUT2D eigenvalue weighted by Gasteiger charge is 2.38. The number of aliphatic hydroxyl groups is 1. The largest absolute Gasteiger partial charge is 0.504 e. The van der Waals surface area contributed by atoms with Gasteiger partial charge in [-0.3, -0.25) is 4.79 Å². The number of Topliss-reactive ketones (excluding diaryl/α,β-unsaturated/α-hetero) is 1. The van der Waals surface area contributed by atoms with Crippen LogP contribution in [-0.4, -0.2) is 46.5 Å². The van der Waals surface area contributed by atoms with Crippen LogP contribution in [-0.2, 0) is 16.6 Å². The summed E-state index contributed by atoms with van der Waals surface area (Å²) in [6.45, 7) is 0. The van der Waals surface area contributed by atoms with Crippen molar-refractivity contribution in [2.45, 2.75) is 62.9 Å². The molecule has 0 bridgehead atoms. The Bertz CT molecular complexity index is 948. The standard InChI is InChI=1S/C25H32O7/c1-31-22-11-16(6-8-20(22)28)5-7-18(26)14-19(27)15-25(9-3-4-10-25)17-12-21(29)24(30)23(13-17)32-2/h6,8,11-13,18,26,28-30H,3-5,7,9-10,14-15H2,1-2H3/t18-/m1/s1. The van der Waals surface area contributed by atoms with Crippen LogP contribution in [0.4, 0.5) is 0 Å². The van der Waals surface area contributed by atoms with E-state index in [1.807, 2.05) is 0 Å². The number of carbonyl (C=O) groups is 1. The van der Waals surface area contributed by atoms with Crippen LogP contribution in [0.15, 0.2) is 30.3 Å². The molecule has 7 heteroatoms. The van der Waals surface area contributed by atoms with Crippen molar-refractivity contribution in [1.29, 1.82) is 0 Å². The summed E-state index contributed by atoms with van der Waals surface area (Å²) in [5.41, 5.74) is 1.26. The first-order chi connectivity index (χ1) is 15.3. The molecule has 0 amide bonds. The third-order valence-corrected chi connectivity index (χ3v) is 6.46. The molecular formula is C25H32O7. The average Bonchev–Trinajstić information content (AvgIpc) is 3.24. The molecule has 0 spiro atoms. The Morgan fingerprint density at radius 3 is 2.34 bits per heavy atom. The Labute approximate surface area is 188 Å². The van der Waals surface area contributed by atoms with Crippen LogP contribution in [0.25, 0.3) is 0 Å². The van der Waals surface area contributed by atoms with Crippen molar-refractivity contribution >= 4 is 5.78 Å². The number of phenolic OH excluding ortho intramolecular Hbond substituents is 3. The van der Waals surface area contributed by atoms with Crippen molar-refractivity contribution in [3.05, 3.63) is 41.5 Å². The fourth-order valence-electron chi connectivity index (χ4n) is 4.70. The highest BCUT2D eigenvalue weighted by Crippen LogP contribution is 2.48. The van der Waals surface area contributed by atoms with Gasteiger partial charge in [-0.15, -0.1) is 0 Å². The first-order valence-corrected chi connectivity index (χ1v) is 10.9. The van der Waals surface area contributed by atoms with Crippen molar-refractivity contribution in [3.63, 3.8) is 0 Å². The number of hydrogen-bond acceptors (Lipinski definition) is 7. The van der Waals surface area contributed by atoms with E-state index >= 15 is 0 Å². The van der Waals surface area contributed by atoms with Gasteiger partial charge in [-0.25, -0.2) is 0 Å². The van der Waals surface area contributed by atoms with E-state index in [4.69, 9.17) is 9.47 Å². The van der Waals surface area contributed by atoms with E-state index in [1.165, 1.54) is 20.3 Å². The normalized spacial score (nSPS) is 16.0. The fraction of sp³-hybridized carbons (Fsp3) is 0.480. The molecule has 7 nitrogen and oxygen atoms in total. The van der Waals surface area contributed by atoms with Crippen molar-refractivity contribution < 1.29 is 34.7 Å². The van der Waals surface area contributed by atoms with Gasteiger partial charge in [0, 0.05) is 18.3 Å². The van der Waals surface area contributed by atoms with E-state index in [2.05, 4.69) is 0 Å². The van der Waals surface area contributed by atoms with Crippen LogP contribution < -0.4 is 9.47 Å². The summed E-state index contributed by atoms with van der Waals surface area (Å²) in [5, 5.41) is 40.2. The second-order valence-electron chi connectivity index (χ2n) is 8.65. The van der Waals surface area contributed by atoms with Crippen LogP contribution in [0.2, 0.25) is 0 Å². The number of ether oxygens (including phenoxy) is 2. The van der Waals surface area contributed by atoms with Crippen LogP contribution in [0, 0.1) is 0 Å². The number of aromatic hydroxyl groups is 3. The molecule has 2 aromatic rings. The molecule has 3 rings (SSSR count). The summed E-state index contributed by atoms with van der Waals surface area (Å²) >= 11 is 0. The van der Waals surface area contributed by atoms with Gasteiger partial charge in [-0.1, -0.05) is 18.9 Å². The van der Waals surface area contributed by atoms with E-state index in [9.17, 15) is 25.2 Å². The van der Waals surface area contributed by atoms with Gasteiger partial charge in [0.25, 0.3) is 0 Å². The molecule has 0 saturated heterocycles. The van der Waals surface area contributed by atoms with E-state index in [1.54, 1.807) is 24.3 Å². The van der Waals surface area contributed by atoms with E-state index in [-0.39, 0.29) is 41.6 Å². The first kappa shape index (κ1) is 23.7. The van der Waals surface area contributed by atoms with Gasteiger partial charge in [-0.05, 0) is 61.1 Å². The van der Waals surface area contributed by atoms with E-state index in [0.29, 0.717) is 18.6 Å². The number of hydrogen-bond donors (Lipinski definition) is 4. The van der Waals surface area contributed by atoms with Crippen LogP contribution in [0.1, 0.15) is 56.1 Å². The van der Waals surface area contributed by atoms with Crippen LogP contribution in [0.3, 0.4) is 0 Å². The number of benzene rings is 2. The number of phenols is 3. The predicted molar refractivity (Wildman–Crippen MR) is 120 cm³/mol. The minimum Gasteiger partial charge on any atom is -0.504 e. The highest BCUT2D eigenvalue weighted by atomic mass is 16.5. The number of rotatable bonds is 10. The van der Waals surface area contributed by atoms with E-state index < -0.39 is 11.5 Å². The summed E-state index contributed by atoms with van der Waals surface area (Å²) in [6, 6.07) is 8.26. The molecule has 32 heavy (non-hydrogen) atoms. The third kappa shape index (κ3) is 5.27. The summed E-state index contributed by atoms with van der Waals surface area (Å²) in [4.78, 5) is 12.9. The molecule has 0 unspecified atom stereocenters. The van der Waals surface area contributed by atoms with Gasteiger partial charge < -0.3 is 29.9 Å². The Balaban J connectivity index is 1.65. The first-order valence-electron chi connectivity index (χ1n) is 10.9. The van der Waals surface area contributed by atoms with E-state index in [0.717, 1.165) is 36.8 Å². The molecule has 1 aliphatic rings. The Morgan fingerprint density at radius 2 is 1.69 bits per heavy atom. The number of aliphatic hydroxyl groups excluding tert-OH is 1. The number of aryl methyl sites for hydroxylation is 1. The molecule has 1 atom stereocenters. The van der Waals surface area contributed by atoms with Gasteiger partial charge in [-0.2, -0.15) is 0 Å². The summed E-state index contributed by atoms with van der Waals surface area (Å²) in [5.74, 6) is 0.0197. The van der Waals surface area contributed by atoms with Crippen LogP contribution >= 0.6 is 0 Å². The van der Waals surface area contributed by atoms with Gasteiger partial charge in [0.15, 0.2) is 23.0 Å². The zero-order valence-corrected chi connectivity index (χ0v) is 18.6. The molecule has 0 heterocycles. The number of carbonyl (C=O) groups excluding carboxylic acids is 1. The van der Waals surface area contributed by atoms with Gasteiger partial charge >= 0.3 is 0 Å². The predicted octanol–water partition coefficient (Wildman–Crippen LogP) is 3.98. The lowest BCUT2D eigenvalue weighted by molar-refractivity contribution is -0.122. The summed E-state index contributed by atoms with van der Waals surface area (Å²) in [6.07, 6.45) is 4.07. The zero-order valence-electron chi connectivity index (χ0n) is 18.6. The molecule has 4 N–H and O–H groups in total. The number of methoxy groups -OCH3 is 2. The SMILES string of the molecule is COc1cc(CC[C@@H](O)CC(=O)CC2(c3cc(O)c(O)c(OC)c3)CCCC2)ccc1O. The zero-order chi connectivity index (χ0) is 23.3. The molecule has 1 saturated carbocycles. The maximum atomic E-state index is 12.9. The molecule has 1 aliphatic carbocycles. The molecular weight excluding hydrogens is 412 g/mol. The maximum absolute atomic E-state index is 12.9. The monoisotopic (exact) mass is 444 g/mol. The lowest BCUT2D eigenvalue weighted by atomic mass is 9.74. The van der Waals surface area contributed by atoms with Crippen LogP contribution in [0.5, 0.6) is 28.7 Å². The second kappa shape index (κ2) is 10.1. The summed E-state index contributed by atoms with van der Waals surface area (Å²) in [7, 11) is 2.90. The molecule has 174 valence electrons. The topological polar surface area (TPSA) is 116 Å². The Kier molecular flexibility index (Phi) is 7.51. The third-order valence-electron chi connectivity index (χ3n) is 6.46. The second-order valence-corrected chi connectivity index (χ2v) is 8.65. The molecule has 1 fully saturated rings. The van der Waals surface area contributed by atoms with Crippen molar-refractivity contribution in [3.8, 4) is 28.7 Å². The van der Waals surface area contributed by atoms with Crippen molar-refractivity contribution in [2.24, 2.45) is 0 Å². The smallest absolute Gasteiger partial charge is 0.200 e. The lowest BCUT2D eigenvalue weighted by Crippen LogP contribution is -2.28. The molecule has 0 radical (unpaired) electrons. The number of ketones is 1. The summed E-state index contributed by atoms with van der Waals surface area (Å²) < 4.78 is 10.3. The Hall–Kier alpha value is -2.93. The minimum atomic E-state index is -0.775. The molecule has 0 aromatic heterocycles. The highest BCUT2D eigenvalue weighted by molar-refractivity contribution is 5.80. The van der Waals surface area contributed by atoms with Gasteiger partial charge in [0.1, 0.15) is 5.78 Å². The fourth-order valence-corrected chi connectivity index (χ4v) is 4.70. The van der Waals surface area contributed by atoms with Crippen molar-refractivity contribution in [2.75, 3.05) is 14.2 Å². The van der Waals surface area contributed by atoms with Crippen molar-refractivity contribution in [1.82, 2.24) is 0 Å². The van der Waals surface area contributed by atoms with Gasteiger partial charge in [0.2, 0.25) is 5.75 Å². The minimum absolute atomic E-state index is 0.0331. The van der Waals surface area contributed by atoms with Gasteiger partial charge in [0.05, 0.1) is 20.3 Å². The molecule has 2 aromatic carbocycles. The molecule has 0 aliphatic heterocycles. The Morgan fingerprint density at radius 1 is 1.00 bits per heavy atom. The quantitative estimate of drug-likeness (QED) is 0.410. The maximum Gasteiger partial charge on any atom is 0.200 e.